The molecule has 1 fully saturated rings. The standard InChI is InChI=1S/C23H25ClN4O4/c24-17-8-10-19(11-9-17)27-22(30)23(31)28-25-14-16-6-12-20(13-7-16)32-15-21(29)26-18-4-2-1-3-5-18/h6-14,18H,1-5,15H2,(H,26,29)(H,27,30)(H,28,31)/b25-14-. The molecule has 0 heterocycles. The molecule has 168 valence electrons. The lowest BCUT2D eigenvalue weighted by atomic mass is 9.95. The second-order valence-corrected chi connectivity index (χ2v) is 7.86. The van der Waals surface area contributed by atoms with Gasteiger partial charge in [-0.2, -0.15) is 5.10 Å². The number of carbonyl (C=O) groups excluding carboxylic acids is 3. The van der Waals surface area contributed by atoms with Crippen molar-refractivity contribution in [1.29, 1.82) is 0 Å². The van der Waals surface area contributed by atoms with Crippen LogP contribution >= 0.6 is 11.6 Å². The lowest BCUT2D eigenvalue weighted by molar-refractivity contribution is -0.136. The van der Waals surface area contributed by atoms with Crippen LogP contribution in [0.3, 0.4) is 0 Å². The first-order chi connectivity index (χ1) is 15.5. The maximum Gasteiger partial charge on any atom is 0.329 e. The highest BCUT2D eigenvalue weighted by Crippen LogP contribution is 2.17. The Hall–Kier alpha value is -3.39. The number of ether oxygens (including phenoxy) is 1. The van der Waals surface area contributed by atoms with Gasteiger partial charge in [0.1, 0.15) is 5.75 Å². The number of hydrogen-bond acceptors (Lipinski definition) is 5. The number of anilines is 1. The van der Waals surface area contributed by atoms with Crippen molar-refractivity contribution in [3.63, 3.8) is 0 Å². The second-order valence-electron chi connectivity index (χ2n) is 7.42. The number of amides is 3. The van der Waals surface area contributed by atoms with Gasteiger partial charge in [-0.1, -0.05) is 30.9 Å². The van der Waals surface area contributed by atoms with Crippen LogP contribution in [0.1, 0.15) is 37.7 Å². The van der Waals surface area contributed by atoms with E-state index < -0.39 is 11.8 Å². The van der Waals surface area contributed by atoms with Gasteiger partial charge in [-0.25, -0.2) is 5.43 Å². The summed E-state index contributed by atoms with van der Waals surface area (Å²) in [6, 6.07) is 13.5. The number of carbonyl (C=O) groups is 3. The highest BCUT2D eigenvalue weighted by molar-refractivity contribution is 6.39. The molecule has 1 aliphatic carbocycles. The number of nitrogens with one attached hydrogen (secondary N) is 3. The van der Waals surface area contributed by atoms with E-state index in [0.717, 1.165) is 25.7 Å². The van der Waals surface area contributed by atoms with Crippen molar-refractivity contribution in [2.75, 3.05) is 11.9 Å². The average molecular weight is 457 g/mol. The number of hydrazone groups is 1. The number of nitrogens with zero attached hydrogens (tertiary/aromatic N) is 1. The first-order valence-corrected chi connectivity index (χ1v) is 10.8. The highest BCUT2D eigenvalue weighted by atomic mass is 35.5. The van der Waals surface area contributed by atoms with Gasteiger partial charge in [0.15, 0.2) is 6.61 Å². The summed E-state index contributed by atoms with van der Waals surface area (Å²) < 4.78 is 5.51. The fourth-order valence-corrected chi connectivity index (χ4v) is 3.38. The fourth-order valence-electron chi connectivity index (χ4n) is 3.25. The molecule has 3 amide bonds. The molecule has 0 atom stereocenters. The Bertz CT molecular complexity index is 955. The number of hydrogen-bond donors (Lipinski definition) is 3. The molecule has 3 rings (SSSR count). The summed E-state index contributed by atoms with van der Waals surface area (Å²) in [5, 5.41) is 9.74. The average Bonchev–Trinajstić information content (AvgIpc) is 2.80. The predicted molar refractivity (Wildman–Crippen MR) is 123 cm³/mol. The molecule has 2 aromatic rings. The van der Waals surface area contributed by atoms with Gasteiger partial charge in [0.25, 0.3) is 5.91 Å². The lowest BCUT2D eigenvalue weighted by Crippen LogP contribution is -2.38. The molecule has 0 saturated heterocycles. The van der Waals surface area contributed by atoms with Crippen molar-refractivity contribution in [3.05, 3.63) is 59.1 Å². The van der Waals surface area contributed by atoms with Crippen LogP contribution in [0.5, 0.6) is 5.75 Å². The van der Waals surface area contributed by atoms with E-state index >= 15 is 0 Å². The molecule has 0 aromatic heterocycles. The molecule has 3 N–H and O–H groups in total. The van der Waals surface area contributed by atoms with Gasteiger partial charge in [-0.3, -0.25) is 14.4 Å². The summed E-state index contributed by atoms with van der Waals surface area (Å²) in [5.41, 5.74) is 3.29. The number of rotatable bonds is 7. The van der Waals surface area contributed by atoms with Crippen LogP contribution in [-0.2, 0) is 14.4 Å². The van der Waals surface area contributed by atoms with Crippen molar-refractivity contribution in [1.82, 2.24) is 10.7 Å². The van der Waals surface area contributed by atoms with Crippen molar-refractivity contribution in [3.8, 4) is 5.75 Å². The van der Waals surface area contributed by atoms with Crippen LogP contribution in [0.25, 0.3) is 0 Å². The summed E-state index contributed by atoms with van der Waals surface area (Å²) >= 11 is 5.78. The molecule has 1 saturated carbocycles. The smallest absolute Gasteiger partial charge is 0.329 e. The SMILES string of the molecule is O=C(COc1ccc(/C=N\NC(=O)C(=O)Nc2ccc(Cl)cc2)cc1)NC1CCCCC1. The third kappa shape index (κ3) is 7.70. The van der Waals surface area contributed by atoms with Crippen molar-refractivity contribution >= 4 is 41.2 Å². The maximum atomic E-state index is 12.0. The van der Waals surface area contributed by atoms with Crippen LogP contribution < -0.4 is 20.8 Å². The Morgan fingerprint density at radius 1 is 0.969 bits per heavy atom. The van der Waals surface area contributed by atoms with Gasteiger partial charge >= 0.3 is 11.8 Å². The molecule has 0 bridgehead atoms. The summed E-state index contributed by atoms with van der Waals surface area (Å²) in [5.74, 6) is -1.32. The zero-order chi connectivity index (χ0) is 22.8. The van der Waals surface area contributed by atoms with E-state index in [2.05, 4.69) is 21.2 Å². The first-order valence-electron chi connectivity index (χ1n) is 10.4. The monoisotopic (exact) mass is 456 g/mol. The molecule has 32 heavy (non-hydrogen) atoms. The summed E-state index contributed by atoms with van der Waals surface area (Å²) in [7, 11) is 0. The largest absolute Gasteiger partial charge is 0.484 e. The van der Waals surface area contributed by atoms with Crippen molar-refractivity contribution in [2.24, 2.45) is 5.10 Å². The van der Waals surface area contributed by atoms with Gasteiger partial charge < -0.3 is 15.4 Å². The number of benzene rings is 2. The minimum absolute atomic E-state index is 0.0390. The molecule has 0 aliphatic heterocycles. The van der Waals surface area contributed by atoms with Crippen molar-refractivity contribution < 1.29 is 19.1 Å². The van der Waals surface area contributed by atoms with E-state index in [1.807, 2.05) is 0 Å². The normalized spacial score (nSPS) is 14.0. The quantitative estimate of drug-likeness (QED) is 0.337. The Morgan fingerprint density at radius 3 is 2.34 bits per heavy atom. The molecule has 0 radical (unpaired) electrons. The topological polar surface area (TPSA) is 109 Å². The van der Waals surface area contributed by atoms with Crippen LogP contribution in [0.15, 0.2) is 53.6 Å². The molecule has 2 aromatic carbocycles. The number of halogens is 1. The van der Waals surface area contributed by atoms with E-state index in [1.54, 1.807) is 48.5 Å². The third-order valence-corrected chi connectivity index (χ3v) is 5.16. The molecular weight excluding hydrogens is 432 g/mol. The van der Waals surface area contributed by atoms with E-state index in [4.69, 9.17) is 16.3 Å². The molecule has 0 spiro atoms. The minimum atomic E-state index is -0.903. The minimum Gasteiger partial charge on any atom is -0.484 e. The molecular formula is C23H25ClN4O4. The van der Waals surface area contributed by atoms with E-state index in [9.17, 15) is 14.4 Å². The van der Waals surface area contributed by atoms with Gasteiger partial charge in [-0.05, 0) is 66.9 Å². The Labute approximate surface area is 191 Å². The molecule has 9 heteroatoms. The zero-order valence-electron chi connectivity index (χ0n) is 17.5. The van der Waals surface area contributed by atoms with E-state index in [1.165, 1.54) is 12.6 Å². The van der Waals surface area contributed by atoms with Crippen LogP contribution in [-0.4, -0.2) is 36.6 Å². The third-order valence-electron chi connectivity index (χ3n) is 4.91. The van der Waals surface area contributed by atoms with E-state index in [-0.39, 0.29) is 18.6 Å². The van der Waals surface area contributed by atoms with Gasteiger partial charge in [0.2, 0.25) is 0 Å². The Kier molecular flexibility index (Phi) is 8.62. The lowest BCUT2D eigenvalue weighted by Gasteiger charge is -2.22. The molecule has 8 nitrogen and oxygen atoms in total. The maximum absolute atomic E-state index is 12.0. The second kappa shape index (κ2) is 11.9. The van der Waals surface area contributed by atoms with Crippen LogP contribution in [0.2, 0.25) is 5.02 Å². The Morgan fingerprint density at radius 2 is 1.66 bits per heavy atom. The highest BCUT2D eigenvalue weighted by Gasteiger charge is 2.16. The van der Waals surface area contributed by atoms with Crippen molar-refractivity contribution in [2.45, 2.75) is 38.1 Å². The molecule has 0 unspecified atom stereocenters. The van der Waals surface area contributed by atoms with Gasteiger partial charge in [0.05, 0.1) is 6.21 Å². The summed E-state index contributed by atoms with van der Waals surface area (Å²) in [6.45, 7) is -0.0390. The fraction of sp³-hybridized carbons (Fsp3) is 0.304. The van der Waals surface area contributed by atoms with E-state index in [0.29, 0.717) is 22.0 Å². The summed E-state index contributed by atoms with van der Waals surface area (Å²) in [6.07, 6.45) is 6.99. The zero-order valence-corrected chi connectivity index (χ0v) is 18.2. The van der Waals surface area contributed by atoms with Gasteiger partial charge in [0, 0.05) is 16.8 Å². The Balaban J connectivity index is 1.39. The molecule has 1 aliphatic rings. The predicted octanol–water partition coefficient (Wildman–Crippen LogP) is 3.26. The van der Waals surface area contributed by atoms with Crippen LogP contribution in [0, 0.1) is 0 Å². The van der Waals surface area contributed by atoms with Gasteiger partial charge in [-0.15, -0.1) is 0 Å². The first kappa shape index (κ1) is 23.3. The summed E-state index contributed by atoms with van der Waals surface area (Å²) in [4.78, 5) is 35.7. The van der Waals surface area contributed by atoms with Crippen LogP contribution in [0.4, 0.5) is 5.69 Å².